The van der Waals surface area contributed by atoms with Crippen LogP contribution in [0.15, 0.2) is 66.7 Å². The van der Waals surface area contributed by atoms with E-state index in [0.717, 1.165) is 46.9 Å². The number of benzene rings is 3. The number of anilines is 1. The van der Waals surface area contributed by atoms with Gasteiger partial charge >= 0.3 is 0 Å². The number of nitriles is 1. The highest BCUT2D eigenvalue weighted by molar-refractivity contribution is 7.92. The highest BCUT2D eigenvalue weighted by Crippen LogP contribution is 2.35. The summed E-state index contributed by atoms with van der Waals surface area (Å²) in [6.07, 6.45) is 5.01. The number of fused-ring (bicyclic) bond motifs is 2. The fourth-order valence-corrected chi connectivity index (χ4v) is 4.33. The fraction of sp³-hybridized carbons (Fsp3) is 0.125. The van der Waals surface area contributed by atoms with E-state index in [1.165, 1.54) is 5.56 Å². The third-order valence-electron chi connectivity index (χ3n) is 5.00. The zero-order chi connectivity index (χ0) is 20.4. The van der Waals surface area contributed by atoms with Crippen molar-refractivity contribution < 1.29 is 8.42 Å². The molecule has 5 heteroatoms. The van der Waals surface area contributed by atoms with Crippen LogP contribution in [0.3, 0.4) is 0 Å². The predicted octanol–water partition coefficient (Wildman–Crippen LogP) is 4.62. The second kappa shape index (κ2) is 7.57. The van der Waals surface area contributed by atoms with Crippen molar-refractivity contribution >= 4 is 27.4 Å². The second-order valence-electron chi connectivity index (χ2n) is 7.20. The lowest BCUT2D eigenvalue weighted by atomic mass is 9.91. The Bertz CT molecular complexity index is 1270. The zero-order valence-corrected chi connectivity index (χ0v) is 16.8. The van der Waals surface area contributed by atoms with E-state index in [9.17, 15) is 13.7 Å². The third kappa shape index (κ3) is 4.23. The average Bonchev–Trinajstić information content (AvgIpc) is 2.84. The van der Waals surface area contributed by atoms with Gasteiger partial charge in [-0.1, -0.05) is 42.5 Å². The molecule has 0 unspecified atom stereocenters. The first-order valence-corrected chi connectivity index (χ1v) is 11.2. The summed E-state index contributed by atoms with van der Waals surface area (Å²) in [6, 6.07) is 23.7. The van der Waals surface area contributed by atoms with Crippen molar-refractivity contribution in [2.45, 2.75) is 12.8 Å². The molecule has 4 nitrogen and oxygen atoms in total. The molecule has 0 saturated heterocycles. The summed E-state index contributed by atoms with van der Waals surface area (Å²) in [4.78, 5) is 0. The van der Waals surface area contributed by atoms with Gasteiger partial charge in [-0.3, -0.25) is 4.72 Å². The summed E-state index contributed by atoms with van der Waals surface area (Å²) in [5.41, 5.74) is 7.86. The van der Waals surface area contributed by atoms with Gasteiger partial charge < -0.3 is 0 Å². The number of rotatable bonds is 3. The topological polar surface area (TPSA) is 70.0 Å². The molecule has 1 N–H and O–H groups in total. The lowest BCUT2D eigenvalue weighted by Gasteiger charge is -2.13. The van der Waals surface area contributed by atoms with Crippen molar-refractivity contribution in [1.82, 2.24) is 0 Å². The van der Waals surface area contributed by atoms with Gasteiger partial charge in [-0.2, -0.15) is 5.26 Å². The molecule has 1 aliphatic rings. The summed E-state index contributed by atoms with van der Waals surface area (Å²) >= 11 is 0. The van der Waals surface area contributed by atoms with Gasteiger partial charge in [0.15, 0.2) is 0 Å². The van der Waals surface area contributed by atoms with Crippen LogP contribution in [0.1, 0.15) is 33.4 Å². The number of nitrogens with one attached hydrogen (secondary N) is 1. The molecule has 1 aliphatic carbocycles. The van der Waals surface area contributed by atoms with Crippen LogP contribution in [-0.2, 0) is 22.9 Å². The maximum absolute atomic E-state index is 11.6. The summed E-state index contributed by atoms with van der Waals surface area (Å²) in [7, 11) is -3.34. The smallest absolute Gasteiger partial charge is 0.229 e. The number of aryl methyl sites for hydroxylation is 2. The molecule has 0 aliphatic heterocycles. The van der Waals surface area contributed by atoms with Gasteiger partial charge in [0, 0.05) is 5.69 Å². The molecule has 3 aromatic rings. The summed E-state index contributed by atoms with van der Waals surface area (Å²) in [5, 5.41) is 9.29. The minimum absolute atomic E-state index is 0.531. The highest BCUT2D eigenvalue weighted by atomic mass is 32.2. The first kappa shape index (κ1) is 19.0. The molecule has 0 saturated carbocycles. The Labute approximate surface area is 171 Å². The Balaban J connectivity index is 1.89. The van der Waals surface area contributed by atoms with Crippen molar-refractivity contribution in [2.24, 2.45) is 0 Å². The van der Waals surface area contributed by atoms with Gasteiger partial charge in [0.2, 0.25) is 10.0 Å². The van der Waals surface area contributed by atoms with Crippen molar-refractivity contribution in [2.75, 3.05) is 11.0 Å². The Morgan fingerprint density at radius 3 is 2.48 bits per heavy atom. The minimum atomic E-state index is -3.34. The second-order valence-corrected chi connectivity index (χ2v) is 8.95. The molecule has 0 aromatic heterocycles. The SMILES string of the molecule is CS(=O)(=O)Nc1cccc(/C=C2/c3ccccc3CCc3cc(C#N)ccc32)c1. The molecule has 0 spiro atoms. The summed E-state index contributed by atoms with van der Waals surface area (Å²) in [6.45, 7) is 0. The largest absolute Gasteiger partial charge is 0.284 e. The first-order valence-electron chi connectivity index (χ1n) is 9.34. The van der Waals surface area contributed by atoms with E-state index in [-0.39, 0.29) is 0 Å². The predicted molar refractivity (Wildman–Crippen MR) is 117 cm³/mol. The standard InChI is InChI=1S/C24H20N2O2S/c1-29(27,28)26-21-7-4-5-17(14-21)15-24-22-8-3-2-6-19(22)10-11-20-13-18(16-25)9-12-23(20)24/h2-9,12-15,26H,10-11H2,1H3/b24-15-. The van der Waals surface area contributed by atoms with E-state index in [0.29, 0.717) is 11.3 Å². The van der Waals surface area contributed by atoms with Gasteiger partial charge in [-0.15, -0.1) is 0 Å². The fourth-order valence-electron chi connectivity index (χ4n) is 3.78. The Morgan fingerprint density at radius 1 is 0.931 bits per heavy atom. The summed E-state index contributed by atoms with van der Waals surface area (Å²) < 4.78 is 25.7. The number of nitrogens with zero attached hydrogens (tertiary/aromatic N) is 1. The summed E-state index contributed by atoms with van der Waals surface area (Å²) in [5.74, 6) is 0. The quantitative estimate of drug-likeness (QED) is 0.698. The molecule has 0 amide bonds. The van der Waals surface area contributed by atoms with E-state index in [1.54, 1.807) is 6.07 Å². The molecule has 3 aromatic carbocycles. The van der Waals surface area contributed by atoms with E-state index in [2.05, 4.69) is 29.0 Å². The van der Waals surface area contributed by atoms with Crippen LogP contribution in [0.25, 0.3) is 11.6 Å². The van der Waals surface area contributed by atoms with Crippen molar-refractivity contribution in [3.05, 3.63) is 100 Å². The van der Waals surface area contributed by atoms with Gasteiger partial charge in [0.05, 0.1) is 17.9 Å². The van der Waals surface area contributed by atoms with E-state index in [4.69, 9.17) is 0 Å². The minimum Gasteiger partial charge on any atom is -0.284 e. The molecule has 144 valence electrons. The third-order valence-corrected chi connectivity index (χ3v) is 5.60. The van der Waals surface area contributed by atoms with Crippen molar-refractivity contribution in [3.63, 3.8) is 0 Å². The normalized spacial score (nSPS) is 14.4. The molecule has 29 heavy (non-hydrogen) atoms. The molecule has 0 bridgehead atoms. The van der Waals surface area contributed by atoms with Crippen LogP contribution in [-0.4, -0.2) is 14.7 Å². The Hall–Kier alpha value is -3.36. The van der Waals surface area contributed by atoms with Crippen molar-refractivity contribution in [3.8, 4) is 6.07 Å². The number of hydrogen-bond acceptors (Lipinski definition) is 3. The monoisotopic (exact) mass is 400 g/mol. The number of hydrogen-bond donors (Lipinski definition) is 1. The highest BCUT2D eigenvalue weighted by Gasteiger charge is 2.18. The van der Waals surface area contributed by atoms with E-state index in [1.807, 2.05) is 48.5 Å². The molecular weight excluding hydrogens is 380 g/mol. The number of sulfonamides is 1. The molecule has 0 radical (unpaired) electrons. The Kier molecular flexibility index (Phi) is 4.96. The molecular formula is C24H20N2O2S. The lowest BCUT2D eigenvalue weighted by Crippen LogP contribution is -2.09. The first-order chi connectivity index (χ1) is 13.9. The average molecular weight is 401 g/mol. The molecule has 0 heterocycles. The van der Waals surface area contributed by atoms with E-state index < -0.39 is 10.0 Å². The zero-order valence-electron chi connectivity index (χ0n) is 16.0. The van der Waals surface area contributed by atoms with Gasteiger partial charge in [-0.05, 0) is 76.6 Å². The Morgan fingerprint density at radius 2 is 1.69 bits per heavy atom. The van der Waals surface area contributed by atoms with Crippen LogP contribution in [0, 0.1) is 11.3 Å². The van der Waals surface area contributed by atoms with Crippen molar-refractivity contribution in [1.29, 1.82) is 5.26 Å². The molecule has 4 rings (SSSR count). The molecule has 0 fully saturated rings. The van der Waals surface area contributed by atoms with E-state index >= 15 is 0 Å². The maximum atomic E-state index is 11.6. The van der Waals surface area contributed by atoms with Gasteiger partial charge in [0.1, 0.15) is 0 Å². The van der Waals surface area contributed by atoms with Crippen LogP contribution < -0.4 is 4.72 Å². The van der Waals surface area contributed by atoms with Crippen LogP contribution in [0.4, 0.5) is 5.69 Å². The van der Waals surface area contributed by atoms with Crippen LogP contribution in [0.5, 0.6) is 0 Å². The van der Waals surface area contributed by atoms with Gasteiger partial charge in [-0.25, -0.2) is 8.42 Å². The molecule has 0 atom stereocenters. The maximum Gasteiger partial charge on any atom is 0.229 e. The van der Waals surface area contributed by atoms with Crippen LogP contribution in [0.2, 0.25) is 0 Å². The van der Waals surface area contributed by atoms with Crippen LogP contribution >= 0.6 is 0 Å². The lowest BCUT2D eigenvalue weighted by molar-refractivity contribution is 0.607. The van der Waals surface area contributed by atoms with Gasteiger partial charge in [0.25, 0.3) is 0 Å².